The molecule has 21 heavy (non-hydrogen) atoms. The van der Waals surface area contributed by atoms with E-state index in [9.17, 15) is 10.1 Å². The molecule has 1 N–H and O–H groups in total. The van der Waals surface area contributed by atoms with Gasteiger partial charge in [-0.3, -0.25) is 10.1 Å². The molecule has 0 saturated carbocycles. The zero-order chi connectivity index (χ0) is 15.2. The molecule has 4 nitrogen and oxygen atoms in total. The van der Waals surface area contributed by atoms with Crippen molar-refractivity contribution in [1.82, 2.24) is 5.32 Å². The Morgan fingerprint density at radius 3 is 2.52 bits per heavy atom. The van der Waals surface area contributed by atoms with E-state index in [4.69, 9.17) is 0 Å². The zero-order valence-corrected chi connectivity index (χ0v) is 13.3. The van der Waals surface area contributed by atoms with Crippen LogP contribution in [0.4, 0.5) is 5.69 Å². The van der Waals surface area contributed by atoms with E-state index in [0.29, 0.717) is 13.0 Å². The van der Waals surface area contributed by atoms with Crippen LogP contribution in [-0.2, 0) is 6.42 Å². The van der Waals surface area contributed by atoms with Crippen LogP contribution >= 0.6 is 15.9 Å². The molecule has 0 aliphatic rings. The molecule has 0 bridgehead atoms. The molecule has 0 aromatic heterocycles. The molecule has 0 heterocycles. The number of rotatable bonds is 6. The van der Waals surface area contributed by atoms with Crippen LogP contribution in [0.5, 0.6) is 0 Å². The van der Waals surface area contributed by atoms with Gasteiger partial charge in [0.05, 0.1) is 4.92 Å². The number of hydrogen-bond donors (Lipinski definition) is 1. The van der Waals surface area contributed by atoms with Crippen LogP contribution in [0.15, 0.2) is 53.0 Å². The lowest BCUT2D eigenvalue weighted by Crippen LogP contribution is -2.21. The predicted octanol–water partition coefficient (Wildman–Crippen LogP) is 4.25. The molecule has 0 radical (unpaired) electrons. The first kappa shape index (κ1) is 15.7. The highest BCUT2D eigenvalue weighted by Crippen LogP contribution is 2.19. The van der Waals surface area contributed by atoms with Crippen LogP contribution in [0, 0.1) is 10.1 Å². The molecule has 0 aliphatic heterocycles. The first-order chi connectivity index (χ1) is 10.1. The van der Waals surface area contributed by atoms with Gasteiger partial charge in [0.2, 0.25) is 0 Å². The van der Waals surface area contributed by atoms with Crippen LogP contribution in [-0.4, -0.2) is 11.5 Å². The number of benzene rings is 2. The Morgan fingerprint density at radius 2 is 1.86 bits per heavy atom. The Bertz CT molecular complexity index is 614. The van der Waals surface area contributed by atoms with Gasteiger partial charge in [0.1, 0.15) is 0 Å². The number of hydrogen-bond acceptors (Lipinski definition) is 3. The molecular weight excluding hydrogens is 332 g/mol. The smallest absolute Gasteiger partial charge is 0.272 e. The van der Waals surface area contributed by atoms with E-state index >= 15 is 0 Å². The van der Waals surface area contributed by atoms with E-state index in [-0.39, 0.29) is 16.7 Å². The van der Waals surface area contributed by atoms with Gasteiger partial charge in [-0.2, -0.15) is 0 Å². The summed E-state index contributed by atoms with van der Waals surface area (Å²) in [7, 11) is 0. The van der Waals surface area contributed by atoms with Crippen molar-refractivity contribution < 1.29 is 4.92 Å². The summed E-state index contributed by atoms with van der Waals surface area (Å²) >= 11 is 3.42. The maximum absolute atomic E-state index is 11.0. The third-order valence-electron chi connectivity index (χ3n) is 3.40. The molecule has 0 fully saturated rings. The van der Waals surface area contributed by atoms with Crippen molar-refractivity contribution in [2.45, 2.75) is 19.4 Å². The first-order valence-corrected chi connectivity index (χ1v) is 7.58. The molecule has 0 saturated heterocycles. The average molecular weight is 349 g/mol. The van der Waals surface area contributed by atoms with Crippen LogP contribution in [0.2, 0.25) is 0 Å². The average Bonchev–Trinajstić information content (AvgIpc) is 2.48. The van der Waals surface area contributed by atoms with E-state index in [2.05, 4.69) is 40.3 Å². The van der Waals surface area contributed by atoms with E-state index in [1.54, 1.807) is 12.1 Å². The predicted molar refractivity (Wildman–Crippen MR) is 87.4 cm³/mol. The molecule has 5 heteroatoms. The third-order valence-corrected chi connectivity index (χ3v) is 3.93. The Labute approximate surface area is 132 Å². The lowest BCUT2D eigenvalue weighted by molar-refractivity contribution is -0.385. The van der Waals surface area contributed by atoms with Crippen molar-refractivity contribution in [2.24, 2.45) is 0 Å². The normalized spacial score (nSPS) is 12.1. The molecule has 0 spiro atoms. The minimum atomic E-state index is -0.326. The third kappa shape index (κ3) is 4.37. The van der Waals surface area contributed by atoms with E-state index < -0.39 is 0 Å². The molecule has 2 rings (SSSR count). The van der Waals surface area contributed by atoms with Crippen molar-refractivity contribution in [3.8, 4) is 0 Å². The van der Waals surface area contributed by atoms with Crippen molar-refractivity contribution in [3.63, 3.8) is 0 Å². The van der Waals surface area contributed by atoms with E-state index in [1.165, 1.54) is 5.56 Å². The number of nitro benzene ring substituents is 1. The maximum Gasteiger partial charge on any atom is 0.272 e. The summed E-state index contributed by atoms with van der Waals surface area (Å²) in [6.45, 7) is 2.78. The van der Waals surface area contributed by atoms with E-state index in [1.807, 2.05) is 24.3 Å². The monoisotopic (exact) mass is 348 g/mol. The number of halogens is 1. The maximum atomic E-state index is 11.0. The lowest BCUT2D eigenvalue weighted by atomic mass is 10.1. The molecule has 0 aliphatic carbocycles. The second-order valence-electron chi connectivity index (χ2n) is 4.86. The number of nitrogens with zero attached hydrogens (tertiary/aromatic N) is 1. The molecule has 0 amide bonds. The quantitative estimate of drug-likeness (QED) is 0.627. The fourth-order valence-electron chi connectivity index (χ4n) is 2.19. The standard InChI is InChI=1S/C16H17BrN2O2/c1-12(13-6-8-15(17)9-7-13)18-11-10-14-4-2-3-5-16(14)19(20)21/h2-9,12,18H,10-11H2,1H3/t12-/m1/s1. The van der Waals surface area contributed by atoms with Gasteiger partial charge in [-0.15, -0.1) is 0 Å². The SMILES string of the molecule is C[C@@H](NCCc1ccccc1[N+](=O)[O-])c1ccc(Br)cc1. The molecule has 0 unspecified atom stereocenters. The first-order valence-electron chi connectivity index (χ1n) is 6.79. The number of para-hydroxylation sites is 1. The van der Waals surface area contributed by atoms with Crippen molar-refractivity contribution in [3.05, 3.63) is 74.2 Å². The second kappa shape index (κ2) is 7.33. The lowest BCUT2D eigenvalue weighted by Gasteiger charge is -2.14. The highest BCUT2D eigenvalue weighted by atomic mass is 79.9. The van der Waals surface area contributed by atoms with Gasteiger partial charge >= 0.3 is 0 Å². The van der Waals surface area contributed by atoms with Crippen LogP contribution < -0.4 is 5.32 Å². The van der Waals surface area contributed by atoms with Gasteiger partial charge in [-0.05, 0) is 37.6 Å². The van der Waals surface area contributed by atoms with Crippen LogP contribution in [0.1, 0.15) is 24.1 Å². The molecular formula is C16H17BrN2O2. The van der Waals surface area contributed by atoms with Gasteiger partial charge < -0.3 is 5.32 Å². The Hall–Kier alpha value is -1.72. The molecule has 110 valence electrons. The summed E-state index contributed by atoms with van der Waals surface area (Å²) in [6, 6.07) is 15.2. The van der Waals surface area contributed by atoms with Gasteiger partial charge in [-0.25, -0.2) is 0 Å². The Kier molecular flexibility index (Phi) is 5.47. The summed E-state index contributed by atoms with van der Waals surface area (Å²) in [6.07, 6.45) is 0.637. The summed E-state index contributed by atoms with van der Waals surface area (Å²) in [5.41, 5.74) is 2.15. The second-order valence-corrected chi connectivity index (χ2v) is 5.78. The van der Waals surface area contributed by atoms with Crippen LogP contribution in [0.25, 0.3) is 0 Å². The summed E-state index contributed by atoms with van der Waals surface area (Å²) < 4.78 is 1.05. The largest absolute Gasteiger partial charge is 0.310 e. The number of nitrogens with one attached hydrogen (secondary N) is 1. The highest BCUT2D eigenvalue weighted by molar-refractivity contribution is 9.10. The van der Waals surface area contributed by atoms with Gasteiger partial charge in [0.25, 0.3) is 5.69 Å². The molecule has 2 aromatic carbocycles. The van der Waals surface area contributed by atoms with Crippen molar-refractivity contribution >= 4 is 21.6 Å². The van der Waals surface area contributed by atoms with Crippen molar-refractivity contribution in [2.75, 3.05) is 6.54 Å². The van der Waals surface area contributed by atoms with Gasteiger partial charge in [0, 0.05) is 22.1 Å². The van der Waals surface area contributed by atoms with Crippen LogP contribution in [0.3, 0.4) is 0 Å². The van der Waals surface area contributed by atoms with Gasteiger partial charge in [-0.1, -0.05) is 46.3 Å². The summed E-state index contributed by atoms with van der Waals surface area (Å²) in [5, 5.41) is 14.3. The Morgan fingerprint density at radius 1 is 1.19 bits per heavy atom. The van der Waals surface area contributed by atoms with Crippen molar-refractivity contribution in [1.29, 1.82) is 0 Å². The topological polar surface area (TPSA) is 55.2 Å². The zero-order valence-electron chi connectivity index (χ0n) is 11.8. The molecule has 1 atom stereocenters. The fraction of sp³-hybridized carbons (Fsp3) is 0.250. The van der Waals surface area contributed by atoms with E-state index in [0.717, 1.165) is 10.0 Å². The minimum absolute atomic E-state index is 0.190. The fourth-order valence-corrected chi connectivity index (χ4v) is 2.46. The number of nitro groups is 1. The Balaban J connectivity index is 1.92. The minimum Gasteiger partial charge on any atom is -0.310 e. The molecule has 2 aromatic rings. The highest BCUT2D eigenvalue weighted by Gasteiger charge is 2.12. The van der Waals surface area contributed by atoms with Gasteiger partial charge in [0.15, 0.2) is 0 Å². The summed E-state index contributed by atoms with van der Waals surface area (Å²) in [4.78, 5) is 10.6. The summed E-state index contributed by atoms with van der Waals surface area (Å²) in [5.74, 6) is 0.